The monoisotopic (exact) mass is 425 g/mol. The molecule has 0 N–H and O–H groups in total. The Bertz CT molecular complexity index is 1010. The van der Waals surface area contributed by atoms with Gasteiger partial charge in [-0.2, -0.15) is 0 Å². The zero-order chi connectivity index (χ0) is 21.7. The van der Waals surface area contributed by atoms with E-state index in [0.29, 0.717) is 13.0 Å². The number of ether oxygens (including phenoxy) is 1. The Morgan fingerprint density at radius 3 is 2.47 bits per heavy atom. The summed E-state index contributed by atoms with van der Waals surface area (Å²) in [4.78, 5) is 22.3. The van der Waals surface area contributed by atoms with Crippen molar-refractivity contribution in [1.29, 1.82) is 0 Å². The molecular formula is C24H31N3O2S. The molecule has 0 aliphatic carbocycles. The molecule has 3 rings (SSSR count). The first-order valence-electron chi connectivity index (χ1n) is 10.5. The molecule has 0 saturated heterocycles. The van der Waals surface area contributed by atoms with Crippen LogP contribution < -0.4 is 9.64 Å². The molecule has 1 heterocycles. The van der Waals surface area contributed by atoms with Crippen molar-refractivity contribution >= 4 is 32.6 Å². The first-order valence-corrected chi connectivity index (χ1v) is 11.3. The van der Waals surface area contributed by atoms with E-state index in [1.807, 2.05) is 29.2 Å². The van der Waals surface area contributed by atoms with Crippen LogP contribution in [0.1, 0.15) is 30.5 Å². The Morgan fingerprint density at radius 1 is 1.03 bits per heavy atom. The molecule has 1 aromatic heterocycles. The lowest BCUT2D eigenvalue weighted by Crippen LogP contribution is -2.39. The molecule has 0 atom stereocenters. The van der Waals surface area contributed by atoms with Gasteiger partial charge in [-0.1, -0.05) is 43.4 Å². The van der Waals surface area contributed by atoms with Crippen LogP contribution in [0.4, 0.5) is 5.13 Å². The maximum Gasteiger partial charge on any atom is 0.233 e. The highest BCUT2D eigenvalue weighted by Gasteiger charge is 2.21. The zero-order valence-corrected chi connectivity index (χ0v) is 19.4. The van der Waals surface area contributed by atoms with Crippen LogP contribution in [0.3, 0.4) is 0 Å². The van der Waals surface area contributed by atoms with E-state index in [-0.39, 0.29) is 5.91 Å². The third-order valence-electron chi connectivity index (χ3n) is 5.58. The first-order chi connectivity index (χ1) is 14.4. The number of methoxy groups -OCH3 is 1. The van der Waals surface area contributed by atoms with Crippen molar-refractivity contribution in [3.8, 4) is 5.75 Å². The molecule has 30 heavy (non-hydrogen) atoms. The molecule has 0 saturated carbocycles. The highest BCUT2D eigenvalue weighted by atomic mass is 32.1. The van der Waals surface area contributed by atoms with E-state index in [4.69, 9.17) is 9.72 Å². The van der Waals surface area contributed by atoms with Gasteiger partial charge in [0.15, 0.2) is 5.13 Å². The van der Waals surface area contributed by atoms with Crippen LogP contribution in [0, 0.1) is 13.8 Å². The summed E-state index contributed by atoms with van der Waals surface area (Å²) in [7, 11) is 1.66. The maximum absolute atomic E-state index is 13.3. The largest absolute Gasteiger partial charge is 0.497 e. The minimum Gasteiger partial charge on any atom is -0.497 e. The first kappa shape index (κ1) is 22.2. The van der Waals surface area contributed by atoms with E-state index in [0.717, 1.165) is 46.3 Å². The molecular weight excluding hydrogens is 394 g/mol. The fraction of sp³-hybridized carbons (Fsp3) is 0.417. The van der Waals surface area contributed by atoms with Gasteiger partial charge >= 0.3 is 0 Å². The molecule has 5 nitrogen and oxygen atoms in total. The van der Waals surface area contributed by atoms with Gasteiger partial charge in [-0.3, -0.25) is 9.69 Å². The van der Waals surface area contributed by atoms with Crippen LogP contribution in [0.15, 0.2) is 36.4 Å². The number of thiazole rings is 1. The average molecular weight is 426 g/mol. The number of aryl methyl sites for hydroxylation is 2. The number of fused-ring (bicyclic) bond motifs is 1. The fourth-order valence-electron chi connectivity index (χ4n) is 3.43. The van der Waals surface area contributed by atoms with Crippen molar-refractivity contribution in [3.05, 3.63) is 53.1 Å². The van der Waals surface area contributed by atoms with Crippen LogP contribution in [0.5, 0.6) is 5.75 Å². The number of nitrogens with zero attached hydrogens (tertiary/aromatic N) is 3. The predicted octanol–water partition coefficient (Wildman–Crippen LogP) is 4.84. The summed E-state index contributed by atoms with van der Waals surface area (Å²) < 4.78 is 6.36. The minimum absolute atomic E-state index is 0.0800. The van der Waals surface area contributed by atoms with Crippen molar-refractivity contribution in [2.75, 3.05) is 38.2 Å². The van der Waals surface area contributed by atoms with Gasteiger partial charge < -0.3 is 9.64 Å². The number of rotatable bonds is 9. The van der Waals surface area contributed by atoms with E-state index >= 15 is 0 Å². The topological polar surface area (TPSA) is 45.7 Å². The molecule has 6 heteroatoms. The van der Waals surface area contributed by atoms with E-state index < -0.39 is 0 Å². The van der Waals surface area contributed by atoms with Crippen LogP contribution >= 0.6 is 11.3 Å². The molecule has 0 spiro atoms. The number of carbonyl (C=O) groups is 1. The molecule has 2 aromatic carbocycles. The second kappa shape index (κ2) is 10.0. The van der Waals surface area contributed by atoms with Gasteiger partial charge in [-0.15, -0.1) is 0 Å². The predicted molar refractivity (Wildman–Crippen MR) is 126 cm³/mol. The number of benzene rings is 2. The van der Waals surface area contributed by atoms with Crippen molar-refractivity contribution in [2.24, 2.45) is 0 Å². The average Bonchev–Trinajstić information content (AvgIpc) is 3.16. The molecule has 160 valence electrons. The lowest BCUT2D eigenvalue weighted by atomic mass is 10.0. The SMILES string of the molecule is CCN(CC)CCN(C(=O)Cc1ccc(C)c(C)c1)c1nc2ccc(OC)cc2s1. The summed E-state index contributed by atoms with van der Waals surface area (Å²) in [5.74, 6) is 0.880. The number of anilines is 1. The smallest absolute Gasteiger partial charge is 0.233 e. The van der Waals surface area contributed by atoms with Gasteiger partial charge in [0.25, 0.3) is 0 Å². The number of hydrogen-bond acceptors (Lipinski definition) is 5. The molecule has 0 radical (unpaired) electrons. The van der Waals surface area contributed by atoms with Crippen molar-refractivity contribution < 1.29 is 9.53 Å². The number of likely N-dealkylation sites (N-methyl/N-ethyl adjacent to an activating group) is 1. The van der Waals surface area contributed by atoms with E-state index in [2.05, 4.69) is 44.7 Å². The Morgan fingerprint density at radius 2 is 1.80 bits per heavy atom. The van der Waals surface area contributed by atoms with Crippen LogP contribution in [0.25, 0.3) is 10.2 Å². The lowest BCUT2D eigenvalue weighted by molar-refractivity contribution is -0.118. The molecule has 0 fully saturated rings. The minimum atomic E-state index is 0.0800. The van der Waals surface area contributed by atoms with Gasteiger partial charge in [0.05, 0.1) is 23.7 Å². The Kier molecular flexibility index (Phi) is 7.45. The Hall–Kier alpha value is -2.44. The summed E-state index contributed by atoms with van der Waals surface area (Å²) >= 11 is 1.54. The number of aromatic nitrogens is 1. The highest BCUT2D eigenvalue weighted by Crippen LogP contribution is 2.32. The molecule has 3 aromatic rings. The van der Waals surface area contributed by atoms with Crippen LogP contribution in [0.2, 0.25) is 0 Å². The van der Waals surface area contributed by atoms with E-state index in [9.17, 15) is 4.79 Å². The molecule has 1 amide bonds. The summed E-state index contributed by atoms with van der Waals surface area (Å²) in [5, 5.41) is 0.749. The van der Waals surface area contributed by atoms with Crippen molar-refractivity contribution in [1.82, 2.24) is 9.88 Å². The summed E-state index contributed by atoms with van der Waals surface area (Å²) in [6.45, 7) is 11.9. The van der Waals surface area contributed by atoms with Gasteiger partial charge in [-0.05, 0) is 61.8 Å². The summed E-state index contributed by atoms with van der Waals surface area (Å²) in [6.07, 6.45) is 0.374. The Balaban J connectivity index is 1.88. The molecule has 0 bridgehead atoms. The second-order valence-corrected chi connectivity index (χ2v) is 8.51. The fourth-order valence-corrected chi connectivity index (χ4v) is 4.46. The standard InChI is InChI=1S/C24H31N3O2S/c1-6-26(7-2)12-13-27(23(28)15-19-9-8-17(3)18(4)14-19)24-25-21-11-10-20(29-5)16-22(21)30-24/h8-11,14,16H,6-7,12-13,15H2,1-5H3. The second-order valence-electron chi connectivity index (χ2n) is 7.50. The van der Waals surface area contributed by atoms with E-state index in [1.165, 1.54) is 11.1 Å². The van der Waals surface area contributed by atoms with Gasteiger partial charge in [0, 0.05) is 13.1 Å². The van der Waals surface area contributed by atoms with Crippen molar-refractivity contribution in [3.63, 3.8) is 0 Å². The van der Waals surface area contributed by atoms with Gasteiger partial charge in [0.2, 0.25) is 5.91 Å². The maximum atomic E-state index is 13.3. The zero-order valence-electron chi connectivity index (χ0n) is 18.6. The van der Waals surface area contributed by atoms with Crippen molar-refractivity contribution in [2.45, 2.75) is 34.1 Å². The van der Waals surface area contributed by atoms with Crippen LogP contribution in [-0.4, -0.2) is 49.1 Å². The summed E-state index contributed by atoms with van der Waals surface area (Å²) in [5.41, 5.74) is 4.38. The molecule has 0 aliphatic rings. The van der Waals surface area contributed by atoms with E-state index in [1.54, 1.807) is 18.4 Å². The van der Waals surface area contributed by atoms with Gasteiger partial charge in [-0.25, -0.2) is 4.98 Å². The highest BCUT2D eigenvalue weighted by molar-refractivity contribution is 7.22. The number of carbonyl (C=O) groups excluding carboxylic acids is 1. The lowest BCUT2D eigenvalue weighted by Gasteiger charge is -2.25. The number of amides is 1. The third-order valence-corrected chi connectivity index (χ3v) is 6.62. The number of hydrogen-bond donors (Lipinski definition) is 0. The third kappa shape index (κ3) is 5.18. The summed E-state index contributed by atoms with van der Waals surface area (Å²) in [6, 6.07) is 12.1. The molecule has 0 unspecified atom stereocenters. The quantitative estimate of drug-likeness (QED) is 0.492. The normalized spacial score (nSPS) is 11.3. The Labute approximate surface area is 183 Å². The molecule has 0 aliphatic heterocycles. The van der Waals surface area contributed by atoms with Crippen LogP contribution in [-0.2, 0) is 11.2 Å². The van der Waals surface area contributed by atoms with Gasteiger partial charge in [0.1, 0.15) is 5.75 Å².